The Kier molecular flexibility index (Phi) is 5.46. The number of halogens is 1. The molecule has 110 valence electrons. The second kappa shape index (κ2) is 7.55. The fourth-order valence-corrected chi connectivity index (χ4v) is 2.24. The van der Waals surface area contributed by atoms with Gasteiger partial charge in [0.15, 0.2) is 0 Å². The van der Waals surface area contributed by atoms with Gasteiger partial charge in [-0.25, -0.2) is 4.39 Å². The number of carbonyl (C=O) groups excluding carboxylic acids is 1. The molecule has 3 nitrogen and oxygen atoms in total. The Hall–Kier alpha value is -2.20. The van der Waals surface area contributed by atoms with Crippen LogP contribution < -0.4 is 11.1 Å². The first-order chi connectivity index (χ1) is 10.2. The van der Waals surface area contributed by atoms with Crippen molar-refractivity contribution in [1.29, 1.82) is 0 Å². The maximum atomic E-state index is 13.1. The lowest BCUT2D eigenvalue weighted by atomic mass is 9.98. The number of amides is 1. The summed E-state index contributed by atoms with van der Waals surface area (Å²) in [5.41, 5.74) is 7.23. The fourth-order valence-electron chi connectivity index (χ4n) is 2.24. The van der Waals surface area contributed by atoms with Crippen molar-refractivity contribution >= 4 is 5.91 Å². The molecule has 0 aliphatic rings. The van der Waals surface area contributed by atoms with Crippen LogP contribution in [0.15, 0.2) is 54.6 Å². The van der Waals surface area contributed by atoms with Crippen molar-refractivity contribution in [3.8, 4) is 0 Å². The highest BCUT2D eigenvalue weighted by molar-refractivity contribution is 5.73. The molecule has 2 rings (SSSR count). The summed E-state index contributed by atoms with van der Waals surface area (Å²) in [5.74, 6) is -0.547. The van der Waals surface area contributed by atoms with E-state index in [2.05, 4.69) is 5.32 Å². The van der Waals surface area contributed by atoms with Gasteiger partial charge in [0.05, 0.1) is 6.04 Å². The standard InChI is InChI=1S/C17H19FN2O/c18-15-10-8-14(9-11-15)17(13-5-2-1-3-6-13)20-12-4-7-16(19)21/h1-3,5-6,8-11,17,20H,4,7,12H2,(H2,19,21). The van der Waals surface area contributed by atoms with Gasteiger partial charge in [-0.1, -0.05) is 42.5 Å². The van der Waals surface area contributed by atoms with E-state index in [-0.39, 0.29) is 17.8 Å². The van der Waals surface area contributed by atoms with E-state index in [0.29, 0.717) is 19.4 Å². The molecule has 4 heteroatoms. The Morgan fingerprint density at radius 3 is 2.29 bits per heavy atom. The van der Waals surface area contributed by atoms with Crippen LogP contribution >= 0.6 is 0 Å². The van der Waals surface area contributed by atoms with Crippen molar-refractivity contribution in [2.75, 3.05) is 6.54 Å². The summed E-state index contributed by atoms with van der Waals surface area (Å²) in [4.78, 5) is 10.8. The number of hydrogen-bond acceptors (Lipinski definition) is 2. The molecule has 0 bridgehead atoms. The van der Waals surface area contributed by atoms with Gasteiger partial charge in [0, 0.05) is 6.42 Å². The van der Waals surface area contributed by atoms with Crippen LogP contribution in [-0.4, -0.2) is 12.5 Å². The highest BCUT2D eigenvalue weighted by atomic mass is 19.1. The molecule has 0 heterocycles. The minimum Gasteiger partial charge on any atom is -0.370 e. The quantitative estimate of drug-likeness (QED) is 0.769. The summed E-state index contributed by atoms with van der Waals surface area (Å²) in [5, 5.41) is 3.40. The van der Waals surface area contributed by atoms with Gasteiger partial charge in [-0.05, 0) is 36.2 Å². The number of nitrogens with two attached hydrogens (primary N) is 1. The molecule has 1 amide bonds. The predicted molar refractivity (Wildman–Crippen MR) is 81.1 cm³/mol. The van der Waals surface area contributed by atoms with Gasteiger partial charge in [-0.3, -0.25) is 4.79 Å². The second-order valence-corrected chi connectivity index (χ2v) is 4.92. The number of primary amides is 1. The molecule has 0 saturated heterocycles. The van der Waals surface area contributed by atoms with Crippen molar-refractivity contribution in [2.24, 2.45) is 5.73 Å². The number of hydrogen-bond donors (Lipinski definition) is 2. The topological polar surface area (TPSA) is 55.1 Å². The highest BCUT2D eigenvalue weighted by Gasteiger charge is 2.13. The van der Waals surface area contributed by atoms with Crippen LogP contribution in [0.2, 0.25) is 0 Å². The Morgan fingerprint density at radius 1 is 1.05 bits per heavy atom. The molecule has 0 radical (unpaired) electrons. The lowest BCUT2D eigenvalue weighted by Gasteiger charge is -2.20. The molecule has 0 saturated carbocycles. The molecule has 0 aliphatic heterocycles. The minimum absolute atomic E-state index is 0.0281. The van der Waals surface area contributed by atoms with Crippen molar-refractivity contribution in [2.45, 2.75) is 18.9 Å². The monoisotopic (exact) mass is 286 g/mol. The molecule has 21 heavy (non-hydrogen) atoms. The third-order valence-electron chi connectivity index (χ3n) is 3.28. The van der Waals surface area contributed by atoms with E-state index in [1.807, 2.05) is 30.3 Å². The number of benzene rings is 2. The van der Waals surface area contributed by atoms with Crippen LogP contribution in [0.3, 0.4) is 0 Å². The second-order valence-electron chi connectivity index (χ2n) is 4.92. The molecule has 3 N–H and O–H groups in total. The van der Waals surface area contributed by atoms with Gasteiger partial charge in [0.25, 0.3) is 0 Å². The van der Waals surface area contributed by atoms with E-state index >= 15 is 0 Å². The molecule has 0 aromatic heterocycles. The van der Waals surface area contributed by atoms with E-state index in [4.69, 9.17) is 5.73 Å². The third kappa shape index (κ3) is 4.68. The highest BCUT2D eigenvalue weighted by Crippen LogP contribution is 2.22. The summed E-state index contributed by atoms with van der Waals surface area (Å²) >= 11 is 0. The Labute approximate surface area is 124 Å². The van der Waals surface area contributed by atoms with Gasteiger partial charge >= 0.3 is 0 Å². The minimum atomic E-state index is -0.296. The Balaban J connectivity index is 2.11. The smallest absolute Gasteiger partial charge is 0.217 e. The van der Waals surface area contributed by atoms with Crippen LogP contribution in [0.1, 0.15) is 30.0 Å². The zero-order chi connectivity index (χ0) is 15.1. The van der Waals surface area contributed by atoms with Crippen LogP contribution in [0.25, 0.3) is 0 Å². The van der Waals surface area contributed by atoms with Gasteiger partial charge in [-0.2, -0.15) is 0 Å². The van der Waals surface area contributed by atoms with E-state index in [0.717, 1.165) is 11.1 Å². The van der Waals surface area contributed by atoms with Crippen LogP contribution in [0.4, 0.5) is 4.39 Å². The first-order valence-electron chi connectivity index (χ1n) is 6.99. The van der Waals surface area contributed by atoms with Crippen molar-refractivity contribution in [3.63, 3.8) is 0 Å². The fraction of sp³-hybridized carbons (Fsp3) is 0.235. The molecule has 1 unspecified atom stereocenters. The summed E-state index contributed by atoms with van der Waals surface area (Å²) in [7, 11) is 0. The van der Waals surface area contributed by atoms with Crippen LogP contribution in [0, 0.1) is 5.82 Å². The zero-order valence-electron chi connectivity index (χ0n) is 11.8. The van der Waals surface area contributed by atoms with Gasteiger partial charge in [-0.15, -0.1) is 0 Å². The molecule has 2 aromatic carbocycles. The number of carbonyl (C=O) groups is 1. The molecule has 0 spiro atoms. The molecule has 2 aromatic rings. The summed E-state index contributed by atoms with van der Waals surface area (Å²) in [6, 6.07) is 16.4. The van der Waals surface area contributed by atoms with E-state index in [9.17, 15) is 9.18 Å². The maximum Gasteiger partial charge on any atom is 0.217 e. The summed E-state index contributed by atoms with van der Waals surface area (Å²) < 4.78 is 13.1. The molecular formula is C17H19FN2O. The Bertz CT molecular complexity index is 569. The largest absolute Gasteiger partial charge is 0.370 e. The van der Waals surface area contributed by atoms with Gasteiger partial charge in [0.1, 0.15) is 5.82 Å². The van der Waals surface area contributed by atoms with E-state index in [1.165, 1.54) is 12.1 Å². The molecule has 0 aliphatic carbocycles. The molecule has 1 atom stereocenters. The van der Waals surface area contributed by atoms with Crippen molar-refractivity contribution in [1.82, 2.24) is 5.32 Å². The van der Waals surface area contributed by atoms with Crippen LogP contribution in [-0.2, 0) is 4.79 Å². The normalized spacial score (nSPS) is 12.0. The lowest BCUT2D eigenvalue weighted by Crippen LogP contribution is -2.24. The van der Waals surface area contributed by atoms with Gasteiger partial charge < -0.3 is 11.1 Å². The number of rotatable bonds is 7. The van der Waals surface area contributed by atoms with E-state index < -0.39 is 0 Å². The number of nitrogens with one attached hydrogen (secondary N) is 1. The molecular weight excluding hydrogens is 267 g/mol. The van der Waals surface area contributed by atoms with Gasteiger partial charge in [0.2, 0.25) is 5.91 Å². The average molecular weight is 286 g/mol. The van der Waals surface area contributed by atoms with E-state index in [1.54, 1.807) is 12.1 Å². The maximum absolute atomic E-state index is 13.1. The van der Waals surface area contributed by atoms with Crippen molar-refractivity contribution < 1.29 is 9.18 Å². The third-order valence-corrected chi connectivity index (χ3v) is 3.28. The predicted octanol–water partition coefficient (Wildman–Crippen LogP) is 2.77. The summed E-state index contributed by atoms with van der Waals surface area (Å²) in [6.45, 7) is 0.667. The SMILES string of the molecule is NC(=O)CCCNC(c1ccccc1)c1ccc(F)cc1. The van der Waals surface area contributed by atoms with Crippen LogP contribution in [0.5, 0.6) is 0 Å². The first kappa shape index (κ1) is 15.2. The molecule has 0 fully saturated rings. The first-order valence-corrected chi connectivity index (χ1v) is 6.99. The lowest BCUT2D eigenvalue weighted by molar-refractivity contribution is -0.118. The average Bonchev–Trinajstić information content (AvgIpc) is 2.49. The summed E-state index contributed by atoms with van der Waals surface area (Å²) in [6.07, 6.45) is 1.04. The Morgan fingerprint density at radius 2 is 1.67 bits per heavy atom. The van der Waals surface area contributed by atoms with Crippen molar-refractivity contribution in [3.05, 3.63) is 71.5 Å². The zero-order valence-corrected chi connectivity index (χ0v) is 11.8.